The van der Waals surface area contributed by atoms with E-state index >= 15 is 0 Å². The maximum atomic E-state index is 13.6. The molecule has 190 valence electrons. The molecule has 3 aromatic rings. The maximum absolute atomic E-state index is 13.6. The first-order chi connectivity index (χ1) is 17.4. The van der Waals surface area contributed by atoms with Crippen LogP contribution >= 0.6 is 46.6 Å². The van der Waals surface area contributed by atoms with Crippen LogP contribution < -0.4 is 5.32 Å². The van der Waals surface area contributed by atoms with Crippen LogP contribution in [-0.2, 0) is 28.3 Å². The van der Waals surface area contributed by atoms with E-state index in [1.165, 1.54) is 11.8 Å². The fourth-order valence-electron chi connectivity index (χ4n) is 3.72. The first-order valence-electron chi connectivity index (χ1n) is 11.7. The van der Waals surface area contributed by atoms with E-state index in [2.05, 4.69) is 5.32 Å². The highest BCUT2D eigenvalue weighted by molar-refractivity contribution is 7.99. The van der Waals surface area contributed by atoms with Crippen molar-refractivity contribution in [3.05, 3.63) is 105 Å². The standard InChI is InChI=1S/C28H29Cl3N2O2S/c1-2-13-32-28(35)26(15-20-7-4-3-5-8-20)33(17-21-9-6-10-23(29)14-21)27(34)19-36-18-22-11-12-24(30)16-25(22)31/h3-12,14,16,26H,2,13,15,17-19H2,1H3,(H,32,35)/t26-/m0/s1. The molecule has 0 fully saturated rings. The molecule has 0 unspecified atom stereocenters. The summed E-state index contributed by atoms with van der Waals surface area (Å²) in [7, 11) is 0. The third-order valence-electron chi connectivity index (χ3n) is 5.56. The number of halogens is 3. The number of hydrogen-bond donors (Lipinski definition) is 1. The molecule has 3 rings (SSSR count). The molecule has 8 heteroatoms. The minimum atomic E-state index is -0.662. The highest BCUT2D eigenvalue weighted by Crippen LogP contribution is 2.25. The number of carbonyl (C=O) groups is 2. The maximum Gasteiger partial charge on any atom is 0.243 e. The third kappa shape index (κ3) is 8.74. The normalized spacial score (nSPS) is 11.7. The second kappa shape index (κ2) is 14.5. The molecule has 0 aromatic heterocycles. The summed E-state index contributed by atoms with van der Waals surface area (Å²) in [6.45, 7) is 2.83. The summed E-state index contributed by atoms with van der Waals surface area (Å²) < 4.78 is 0. The van der Waals surface area contributed by atoms with Crippen molar-refractivity contribution in [1.82, 2.24) is 10.2 Å². The van der Waals surface area contributed by atoms with Gasteiger partial charge in [-0.3, -0.25) is 9.59 Å². The Morgan fingerprint density at radius 2 is 1.64 bits per heavy atom. The highest BCUT2D eigenvalue weighted by Gasteiger charge is 2.30. The van der Waals surface area contributed by atoms with Crippen molar-refractivity contribution in [3.8, 4) is 0 Å². The first-order valence-corrected chi connectivity index (χ1v) is 14.0. The monoisotopic (exact) mass is 562 g/mol. The molecular formula is C28H29Cl3N2O2S. The van der Waals surface area contributed by atoms with Gasteiger partial charge in [-0.25, -0.2) is 0 Å². The lowest BCUT2D eigenvalue weighted by atomic mass is 10.0. The highest BCUT2D eigenvalue weighted by atomic mass is 35.5. The summed E-state index contributed by atoms with van der Waals surface area (Å²) in [5, 5.41) is 4.71. The van der Waals surface area contributed by atoms with E-state index < -0.39 is 6.04 Å². The van der Waals surface area contributed by atoms with Crippen molar-refractivity contribution in [1.29, 1.82) is 0 Å². The van der Waals surface area contributed by atoms with Crippen LogP contribution in [0.25, 0.3) is 0 Å². The van der Waals surface area contributed by atoms with Crippen molar-refractivity contribution < 1.29 is 9.59 Å². The Bertz CT molecular complexity index is 1160. The second-order valence-corrected chi connectivity index (χ2v) is 10.6. The Kier molecular flexibility index (Phi) is 11.5. The van der Waals surface area contributed by atoms with Gasteiger partial charge in [0, 0.05) is 40.3 Å². The van der Waals surface area contributed by atoms with Gasteiger partial charge in [0.2, 0.25) is 11.8 Å². The molecule has 0 spiro atoms. The number of thioether (sulfide) groups is 1. The van der Waals surface area contributed by atoms with Gasteiger partial charge in [-0.15, -0.1) is 11.8 Å². The summed E-state index contributed by atoms with van der Waals surface area (Å²) in [6.07, 6.45) is 1.22. The molecule has 2 amide bonds. The van der Waals surface area contributed by atoms with E-state index in [-0.39, 0.29) is 24.1 Å². The SMILES string of the molecule is CCCNC(=O)[C@H](Cc1ccccc1)N(Cc1cccc(Cl)c1)C(=O)CSCc1ccc(Cl)cc1Cl. The minimum absolute atomic E-state index is 0.127. The van der Waals surface area contributed by atoms with Gasteiger partial charge in [-0.2, -0.15) is 0 Å². The molecular weight excluding hydrogens is 535 g/mol. The van der Waals surface area contributed by atoms with Crippen molar-refractivity contribution in [2.75, 3.05) is 12.3 Å². The Labute approximate surface area is 232 Å². The lowest BCUT2D eigenvalue weighted by molar-refractivity contribution is -0.139. The zero-order chi connectivity index (χ0) is 25.9. The summed E-state index contributed by atoms with van der Waals surface area (Å²) in [5.74, 6) is 0.462. The minimum Gasteiger partial charge on any atom is -0.354 e. The van der Waals surface area contributed by atoms with Crippen LogP contribution in [0.3, 0.4) is 0 Å². The molecule has 4 nitrogen and oxygen atoms in total. The fraction of sp³-hybridized carbons (Fsp3) is 0.286. The van der Waals surface area contributed by atoms with Crippen molar-refractivity contribution in [3.63, 3.8) is 0 Å². The Morgan fingerprint density at radius 1 is 0.917 bits per heavy atom. The van der Waals surface area contributed by atoms with Crippen molar-refractivity contribution in [2.24, 2.45) is 0 Å². The topological polar surface area (TPSA) is 49.4 Å². The van der Waals surface area contributed by atoms with Crippen molar-refractivity contribution in [2.45, 2.75) is 38.1 Å². The van der Waals surface area contributed by atoms with Crippen LogP contribution in [0.2, 0.25) is 15.1 Å². The molecule has 1 atom stereocenters. The molecule has 0 saturated carbocycles. The summed E-state index contributed by atoms with van der Waals surface area (Å²) in [6, 6.07) is 21.8. The Morgan fingerprint density at radius 3 is 2.33 bits per heavy atom. The van der Waals surface area contributed by atoms with Gasteiger partial charge >= 0.3 is 0 Å². The van der Waals surface area contributed by atoms with Crippen molar-refractivity contribution >= 4 is 58.4 Å². The molecule has 0 aliphatic carbocycles. The number of hydrogen-bond acceptors (Lipinski definition) is 3. The average molecular weight is 564 g/mol. The number of nitrogens with one attached hydrogen (secondary N) is 1. The lowest BCUT2D eigenvalue weighted by Crippen LogP contribution is -2.51. The average Bonchev–Trinajstić information content (AvgIpc) is 2.86. The van der Waals surface area contributed by atoms with E-state index in [0.717, 1.165) is 23.1 Å². The van der Waals surface area contributed by atoms with E-state index in [9.17, 15) is 9.59 Å². The quantitative estimate of drug-likeness (QED) is 0.257. The molecule has 0 heterocycles. The van der Waals surface area contributed by atoms with Gasteiger partial charge in [-0.1, -0.05) is 90.3 Å². The first kappa shape index (κ1) is 28.4. The summed E-state index contributed by atoms with van der Waals surface area (Å²) >= 11 is 20.0. The van der Waals surface area contributed by atoms with Crippen LogP contribution in [0.15, 0.2) is 72.8 Å². The van der Waals surface area contributed by atoms with Crippen LogP contribution in [0.1, 0.15) is 30.0 Å². The summed E-state index contributed by atoms with van der Waals surface area (Å²) in [5.41, 5.74) is 2.75. The van der Waals surface area contributed by atoms with Crippen LogP contribution in [0, 0.1) is 0 Å². The van der Waals surface area contributed by atoms with Crippen LogP contribution in [-0.4, -0.2) is 35.1 Å². The zero-order valence-corrected chi connectivity index (χ0v) is 23.1. The van der Waals surface area contributed by atoms with Gasteiger partial charge in [0.25, 0.3) is 0 Å². The number of nitrogens with zero attached hydrogens (tertiary/aromatic N) is 1. The van der Waals surface area contributed by atoms with E-state index in [1.54, 1.807) is 23.1 Å². The van der Waals surface area contributed by atoms with Gasteiger partial charge in [0.1, 0.15) is 6.04 Å². The number of carbonyl (C=O) groups excluding carboxylic acids is 2. The molecule has 0 bridgehead atoms. The predicted octanol–water partition coefficient (Wildman–Crippen LogP) is 7.05. The van der Waals surface area contributed by atoms with Gasteiger partial charge in [-0.05, 0) is 47.4 Å². The summed E-state index contributed by atoms with van der Waals surface area (Å²) in [4.78, 5) is 28.6. The molecule has 0 aliphatic rings. The van der Waals surface area contributed by atoms with Crippen LogP contribution in [0.5, 0.6) is 0 Å². The zero-order valence-electron chi connectivity index (χ0n) is 20.1. The lowest BCUT2D eigenvalue weighted by Gasteiger charge is -2.31. The Balaban J connectivity index is 1.84. The molecule has 0 radical (unpaired) electrons. The molecule has 0 aliphatic heterocycles. The molecule has 1 N–H and O–H groups in total. The largest absolute Gasteiger partial charge is 0.354 e. The molecule has 36 heavy (non-hydrogen) atoms. The van der Waals surface area contributed by atoms with E-state index in [4.69, 9.17) is 34.8 Å². The fourth-order valence-corrected chi connectivity index (χ4v) is 5.40. The predicted molar refractivity (Wildman–Crippen MR) is 152 cm³/mol. The van der Waals surface area contributed by atoms with Crippen LogP contribution in [0.4, 0.5) is 0 Å². The second-order valence-electron chi connectivity index (χ2n) is 8.38. The van der Waals surface area contributed by atoms with Gasteiger partial charge < -0.3 is 10.2 Å². The molecule has 3 aromatic carbocycles. The van der Waals surface area contributed by atoms with E-state index in [1.807, 2.05) is 61.5 Å². The van der Waals surface area contributed by atoms with Gasteiger partial charge in [0.15, 0.2) is 0 Å². The number of amides is 2. The number of benzene rings is 3. The van der Waals surface area contributed by atoms with E-state index in [0.29, 0.717) is 33.8 Å². The smallest absolute Gasteiger partial charge is 0.243 e. The molecule has 0 saturated heterocycles. The third-order valence-corrected chi connectivity index (χ3v) is 7.35. The van der Waals surface area contributed by atoms with Gasteiger partial charge in [0.05, 0.1) is 5.75 Å². The Hall–Kier alpha value is -2.18. The number of rotatable bonds is 12.